The van der Waals surface area contributed by atoms with E-state index in [1.807, 2.05) is 30.3 Å². The third kappa shape index (κ3) is 5.23. The van der Waals surface area contributed by atoms with Crippen LogP contribution in [0.4, 0.5) is 0 Å². The van der Waals surface area contributed by atoms with Crippen LogP contribution in [-0.2, 0) is 4.79 Å². The van der Waals surface area contributed by atoms with Crippen LogP contribution >= 0.6 is 0 Å². The summed E-state index contributed by atoms with van der Waals surface area (Å²) in [6, 6.07) is 14.6. The normalized spacial score (nSPS) is 14.2. The number of aliphatic hydroxyl groups is 1. The lowest BCUT2D eigenvalue weighted by atomic mass is 9.93. The van der Waals surface area contributed by atoms with Gasteiger partial charge in [0.05, 0.1) is 12.6 Å². The molecule has 3 rings (SSSR count). The molecule has 0 aromatic heterocycles. The Kier molecular flexibility index (Phi) is 6.49. The summed E-state index contributed by atoms with van der Waals surface area (Å²) >= 11 is 0. The molecule has 7 heteroatoms. The Balaban J connectivity index is 1.49. The molecule has 0 aliphatic carbocycles. The maximum Gasteiger partial charge on any atom is 0.251 e. The number of fused-ring (bicyclic) bond motifs is 1. The Hall–Kier alpha value is -3.06. The number of ether oxygens (including phenoxy) is 2. The van der Waals surface area contributed by atoms with Crippen molar-refractivity contribution >= 4 is 11.8 Å². The standard InChI is InChI=1S/C21H24N2O5/c1-14(24)9-17(15-5-3-2-4-6-15)11-22-20(25)12-23-21(26)16-7-8-18-19(10-16)28-13-27-18/h2-8,10,14,17,24H,9,11-13H2,1H3,(H,22,25)(H,23,26)/t14-,17-/m0/s1. The Morgan fingerprint density at radius 1 is 1.07 bits per heavy atom. The number of hydrogen-bond acceptors (Lipinski definition) is 5. The number of rotatable bonds is 8. The van der Waals surface area contributed by atoms with Gasteiger partial charge in [0.2, 0.25) is 12.7 Å². The number of nitrogens with one attached hydrogen (secondary N) is 2. The lowest BCUT2D eigenvalue weighted by molar-refractivity contribution is -0.120. The molecule has 1 heterocycles. The van der Waals surface area contributed by atoms with Crippen LogP contribution in [0.1, 0.15) is 35.2 Å². The van der Waals surface area contributed by atoms with Crippen LogP contribution in [0, 0.1) is 0 Å². The van der Waals surface area contributed by atoms with E-state index in [1.165, 1.54) is 0 Å². The highest BCUT2D eigenvalue weighted by atomic mass is 16.7. The highest BCUT2D eigenvalue weighted by molar-refractivity contribution is 5.97. The van der Waals surface area contributed by atoms with E-state index in [0.29, 0.717) is 30.0 Å². The summed E-state index contributed by atoms with van der Waals surface area (Å²) in [6.45, 7) is 2.11. The van der Waals surface area contributed by atoms with E-state index in [-0.39, 0.29) is 31.1 Å². The van der Waals surface area contributed by atoms with Gasteiger partial charge in [-0.25, -0.2) is 0 Å². The molecule has 7 nitrogen and oxygen atoms in total. The van der Waals surface area contributed by atoms with Crippen molar-refractivity contribution < 1.29 is 24.2 Å². The van der Waals surface area contributed by atoms with Gasteiger partial charge in [0.1, 0.15) is 0 Å². The molecule has 0 saturated heterocycles. The molecule has 1 aliphatic rings. The van der Waals surface area contributed by atoms with Crippen LogP contribution in [0.3, 0.4) is 0 Å². The highest BCUT2D eigenvalue weighted by Gasteiger charge is 2.18. The molecule has 0 radical (unpaired) electrons. The Bertz CT molecular complexity index is 823. The molecule has 0 unspecified atom stereocenters. The predicted molar refractivity (Wildman–Crippen MR) is 103 cm³/mol. The first-order valence-electron chi connectivity index (χ1n) is 9.20. The van der Waals surface area contributed by atoms with Crippen LogP contribution in [0.15, 0.2) is 48.5 Å². The first kappa shape index (κ1) is 19.7. The van der Waals surface area contributed by atoms with E-state index in [2.05, 4.69) is 10.6 Å². The van der Waals surface area contributed by atoms with Crippen molar-refractivity contribution in [3.8, 4) is 11.5 Å². The number of carbonyl (C=O) groups excluding carboxylic acids is 2. The summed E-state index contributed by atoms with van der Waals surface area (Å²) in [5, 5.41) is 15.2. The van der Waals surface area contributed by atoms with E-state index >= 15 is 0 Å². The Morgan fingerprint density at radius 2 is 1.82 bits per heavy atom. The second kappa shape index (κ2) is 9.23. The van der Waals surface area contributed by atoms with Gasteiger partial charge >= 0.3 is 0 Å². The zero-order valence-electron chi connectivity index (χ0n) is 15.7. The van der Waals surface area contributed by atoms with Crippen molar-refractivity contribution in [3.63, 3.8) is 0 Å². The van der Waals surface area contributed by atoms with Gasteiger partial charge in [-0.15, -0.1) is 0 Å². The summed E-state index contributed by atoms with van der Waals surface area (Å²) in [6.07, 6.45) is 0.0567. The lowest BCUT2D eigenvalue weighted by Gasteiger charge is -2.19. The van der Waals surface area contributed by atoms with Gasteiger partial charge < -0.3 is 25.2 Å². The monoisotopic (exact) mass is 384 g/mol. The molecule has 3 N–H and O–H groups in total. The van der Waals surface area contributed by atoms with Crippen LogP contribution in [0.2, 0.25) is 0 Å². The van der Waals surface area contributed by atoms with E-state index < -0.39 is 6.10 Å². The van der Waals surface area contributed by atoms with E-state index in [4.69, 9.17) is 9.47 Å². The third-order valence-electron chi connectivity index (χ3n) is 4.49. The van der Waals surface area contributed by atoms with Gasteiger partial charge in [-0.05, 0) is 37.1 Å². The summed E-state index contributed by atoms with van der Waals surface area (Å²) in [5.74, 6) is 0.452. The van der Waals surface area contributed by atoms with Crippen LogP contribution < -0.4 is 20.1 Å². The average Bonchev–Trinajstić information content (AvgIpc) is 3.17. The van der Waals surface area contributed by atoms with Crippen LogP contribution in [0.25, 0.3) is 0 Å². The minimum Gasteiger partial charge on any atom is -0.454 e. The lowest BCUT2D eigenvalue weighted by Crippen LogP contribution is -2.38. The molecule has 2 aromatic carbocycles. The van der Waals surface area contributed by atoms with Gasteiger partial charge in [-0.3, -0.25) is 9.59 Å². The van der Waals surface area contributed by atoms with Gasteiger partial charge in [0.15, 0.2) is 11.5 Å². The fraction of sp³-hybridized carbons (Fsp3) is 0.333. The number of benzene rings is 2. The average molecular weight is 384 g/mol. The minimum atomic E-state index is -0.479. The van der Waals surface area contributed by atoms with Crippen molar-refractivity contribution in [1.29, 1.82) is 0 Å². The van der Waals surface area contributed by atoms with Crippen LogP contribution in [-0.4, -0.2) is 42.9 Å². The molecule has 1 aliphatic heterocycles. The molecule has 0 saturated carbocycles. The fourth-order valence-electron chi connectivity index (χ4n) is 3.07. The van der Waals surface area contributed by atoms with E-state index in [1.54, 1.807) is 25.1 Å². The Labute approximate surface area is 163 Å². The molecule has 28 heavy (non-hydrogen) atoms. The summed E-state index contributed by atoms with van der Waals surface area (Å²) in [5.41, 5.74) is 1.45. The summed E-state index contributed by atoms with van der Waals surface area (Å²) in [4.78, 5) is 24.4. The zero-order valence-corrected chi connectivity index (χ0v) is 15.7. The maximum atomic E-state index is 12.2. The fourth-order valence-corrected chi connectivity index (χ4v) is 3.07. The molecule has 0 spiro atoms. The van der Waals surface area contributed by atoms with Gasteiger partial charge in [0, 0.05) is 18.0 Å². The largest absolute Gasteiger partial charge is 0.454 e. The summed E-state index contributed by atoms with van der Waals surface area (Å²) < 4.78 is 10.5. The first-order chi connectivity index (χ1) is 13.5. The van der Waals surface area contributed by atoms with E-state index in [9.17, 15) is 14.7 Å². The van der Waals surface area contributed by atoms with Crippen molar-refractivity contribution in [2.24, 2.45) is 0 Å². The van der Waals surface area contributed by atoms with E-state index in [0.717, 1.165) is 5.56 Å². The first-order valence-corrected chi connectivity index (χ1v) is 9.20. The SMILES string of the molecule is C[C@H](O)C[C@@H](CNC(=O)CNC(=O)c1ccc2c(c1)OCO2)c1ccccc1. The zero-order chi connectivity index (χ0) is 19.9. The quantitative estimate of drug-likeness (QED) is 0.645. The summed E-state index contributed by atoms with van der Waals surface area (Å²) in [7, 11) is 0. The highest BCUT2D eigenvalue weighted by Crippen LogP contribution is 2.32. The predicted octanol–water partition coefficient (Wildman–Crippen LogP) is 1.82. The molecule has 2 atom stereocenters. The Morgan fingerprint density at radius 3 is 2.57 bits per heavy atom. The molecular formula is C21H24N2O5. The van der Waals surface area contributed by atoms with Crippen molar-refractivity contribution in [3.05, 3.63) is 59.7 Å². The van der Waals surface area contributed by atoms with Crippen LogP contribution in [0.5, 0.6) is 11.5 Å². The molecule has 2 aromatic rings. The second-order valence-corrected chi connectivity index (χ2v) is 6.75. The topological polar surface area (TPSA) is 96.9 Å². The molecule has 0 fully saturated rings. The number of amides is 2. The van der Waals surface area contributed by atoms with Crippen molar-refractivity contribution in [1.82, 2.24) is 10.6 Å². The van der Waals surface area contributed by atoms with Gasteiger partial charge in [-0.1, -0.05) is 30.3 Å². The molecule has 2 amide bonds. The number of aliphatic hydroxyl groups excluding tert-OH is 1. The van der Waals surface area contributed by atoms with Gasteiger partial charge in [-0.2, -0.15) is 0 Å². The number of hydrogen-bond donors (Lipinski definition) is 3. The van der Waals surface area contributed by atoms with Gasteiger partial charge in [0.25, 0.3) is 5.91 Å². The molecular weight excluding hydrogens is 360 g/mol. The molecule has 0 bridgehead atoms. The van der Waals surface area contributed by atoms with Crippen molar-refractivity contribution in [2.75, 3.05) is 19.9 Å². The second-order valence-electron chi connectivity index (χ2n) is 6.75. The number of carbonyl (C=O) groups is 2. The van der Waals surface area contributed by atoms with Crippen molar-refractivity contribution in [2.45, 2.75) is 25.4 Å². The maximum absolute atomic E-state index is 12.2. The third-order valence-corrected chi connectivity index (χ3v) is 4.49. The molecule has 148 valence electrons. The smallest absolute Gasteiger partial charge is 0.251 e. The minimum absolute atomic E-state index is 0.00490.